The van der Waals surface area contributed by atoms with E-state index < -0.39 is 0 Å². The summed E-state index contributed by atoms with van der Waals surface area (Å²) in [5.41, 5.74) is 7.95. The fourth-order valence-electron chi connectivity index (χ4n) is 1.78. The summed E-state index contributed by atoms with van der Waals surface area (Å²) in [4.78, 5) is 11.9. The van der Waals surface area contributed by atoms with Gasteiger partial charge >= 0.3 is 0 Å². The zero-order chi connectivity index (χ0) is 14.5. The fourth-order valence-corrected chi connectivity index (χ4v) is 1.78. The molecule has 0 aliphatic rings. The van der Waals surface area contributed by atoms with Crippen LogP contribution in [0.25, 0.3) is 0 Å². The Labute approximate surface area is 118 Å². The quantitative estimate of drug-likeness (QED) is 0.822. The van der Waals surface area contributed by atoms with Gasteiger partial charge in [0.15, 0.2) is 5.76 Å². The third-order valence-electron chi connectivity index (χ3n) is 2.77. The van der Waals surface area contributed by atoms with Gasteiger partial charge in [0.1, 0.15) is 5.76 Å². The van der Waals surface area contributed by atoms with Gasteiger partial charge in [-0.15, -0.1) is 0 Å². The molecule has 0 saturated carbocycles. The van der Waals surface area contributed by atoms with Gasteiger partial charge in [0.05, 0.1) is 6.54 Å². The highest BCUT2D eigenvalue weighted by Crippen LogP contribution is 2.16. The number of rotatable bonds is 2. The van der Waals surface area contributed by atoms with Crippen LogP contribution >= 0.6 is 0 Å². The van der Waals surface area contributed by atoms with Gasteiger partial charge in [0, 0.05) is 11.3 Å². The monoisotopic (exact) mass is 268 g/mol. The minimum absolute atomic E-state index is 0.265. The number of benzene rings is 1. The number of furan rings is 1. The second kappa shape index (κ2) is 6.09. The molecule has 0 fully saturated rings. The van der Waals surface area contributed by atoms with Crippen LogP contribution in [-0.2, 0) is 0 Å². The van der Waals surface area contributed by atoms with E-state index in [0.29, 0.717) is 23.8 Å². The van der Waals surface area contributed by atoms with Crippen molar-refractivity contribution in [2.24, 2.45) is 5.73 Å². The molecular formula is C16H16N2O2. The van der Waals surface area contributed by atoms with Crippen molar-refractivity contribution in [1.82, 2.24) is 0 Å². The summed E-state index contributed by atoms with van der Waals surface area (Å²) in [5, 5.41) is 2.79. The van der Waals surface area contributed by atoms with Crippen molar-refractivity contribution in [3.05, 3.63) is 53.0 Å². The number of aryl methyl sites for hydroxylation is 2. The highest BCUT2D eigenvalue weighted by atomic mass is 16.3. The summed E-state index contributed by atoms with van der Waals surface area (Å²) in [7, 11) is 0. The van der Waals surface area contributed by atoms with Gasteiger partial charge in [-0.3, -0.25) is 4.79 Å². The molecule has 20 heavy (non-hydrogen) atoms. The molecule has 0 unspecified atom stereocenters. The molecule has 0 spiro atoms. The van der Waals surface area contributed by atoms with Crippen LogP contribution in [0.3, 0.4) is 0 Å². The van der Waals surface area contributed by atoms with Gasteiger partial charge in [-0.05, 0) is 49.7 Å². The smallest absolute Gasteiger partial charge is 0.291 e. The first-order valence-corrected chi connectivity index (χ1v) is 6.27. The Kier molecular flexibility index (Phi) is 4.24. The van der Waals surface area contributed by atoms with Crippen molar-refractivity contribution in [3.63, 3.8) is 0 Å². The Balaban J connectivity index is 2.14. The molecular weight excluding hydrogens is 252 g/mol. The molecule has 1 aromatic carbocycles. The van der Waals surface area contributed by atoms with Crippen molar-refractivity contribution in [1.29, 1.82) is 0 Å². The summed E-state index contributed by atoms with van der Waals surface area (Å²) in [6.07, 6.45) is 0. The molecule has 2 aromatic rings. The Morgan fingerprint density at radius 1 is 1.30 bits per heavy atom. The Morgan fingerprint density at radius 3 is 2.70 bits per heavy atom. The molecule has 0 aliphatic carbocycles. The van der Waals surface area contributed by atoms with Crippen molar-refractivity contribution in [3.8, 4) is 11.8 Å². The molecule has 0 radical (unpaired) electrons. The Hall–Kier alpha value is -2.51. The van der Waals surface area contributed by atoms with E-state index in [1.807, 2.05) is 19.1 Å². The van der Waals surface area contributed by atoms with E-state index in [1.165, 1.54) is 0 Å². The summed E-state index contributed by atoms with van der Waals surface area (Å²) >= 11 is 0. The van der Waals surface area contributed by atoms with Gasteiger partial charge in [0.2, 0.25) is 0 Å². The van der Waals surface area contributed by atoms with Crippen LogP contribution in [0.15, 0.2) is 34.7 Å². The lowest BCUT2D eigenvalue weighted by Gasteiger charge is -2.05. The molecule has 3 N–H and O–H groups in total. The minimum Gasteiger partial charge on any atom is -0.456 e. The second-order valence-corrected chi connectivity index (χ2v) is 4.40. The standard InChI is InChI=1S/C16H16N2O2/c1-11-10-14(7-6-13(11)4-3-9-17)18-16(19)15-8-5-12(2)20-15/h5-8,10H,9,17H2,1-2H3,(H,18,19). The maximum Gasteiger partial charge on any atom is 0.291 e. The normalized spacial score (nSPS) is 9.75. The van der Waals surface area contributed by atoms with E-state index in [-0.39, 0.29) is 5.91 Å². The Morgan fingerprint density at radius 2 is 2.10 bits per heavy atom. The Bertz CT molecular complexity index is 690. The first-order chi connectivity index (χ1) is 9.60. The molecule has 102 valence electrons. The summed E-state index contributed by atoms with van der Waals surface area (Å²) in [5.74, 6) is 6.53. The van der Waals surface area contributed by atoms with Crippen LogP contribution in [-0.4, -0.2) is 12.5 Å². The SMILES string of the molecule is Cc1ccc(C(=O)Nc2ccc(C#CCN)c(C)c2)o1. The molecule has 1 amide bonds. The third kappa shape index (κ3) is 3.28. The molecule has 0 aliphatic heterocycles. The van der Waals surface area contributed by atoms with Gasteiger partial charge in [0.25, 0.3) is 5.91 Å². The predicted octanol–water partition coefficient (Wildman–Crippen LogP) is 2.46. The van der Waals surface area contributed by atoms with E-state index >= 15 is 0 Å². The molecule has 0 saturated heterocycles. The number of nitrogens with two attached hydrogens (primary N) is 1. The summed E-state index contributed by atoms with van der Waals surface area (Å²) < 4.78 is 5.28. The van der Waals surface area contributed by atoms with E-state index in [9.17, 15) is 4.79 Å². The lowest BCUT2D eigenvalue weighted by Crippen LogP contribution is -2.11. The highest BCUT2D eigenvalue weighted by Gasteiger charge is 2.10. The molecule has 0 bridgehead atoms. The zero-order valence-corrected chi connectivity index (χ0v) is 11.5. The fraction of sp³-hybridized carbons (Fsp3) is 0.188. The maximum absolute atomic E-state index is 11.9. The molecule has 4 heteroatoms. The number of carbonyl (C=O) groups excluding carboxylic acids is 1. The summed E-state index contributed by atoms with van der Waals surface area (Å²) in [6.45, 7) is 4.06. The highest BCUT2D eigenvalue weighted by molar-refractivity contribution is 6.02. The molecule has 2 rings (SSSR count). The van der Waals surface area contributed by atoms with Gasteiger partial charge in [-0.25, -0.2) is 0 Å². The van der Waals surface area contributed by atoms with Crippen LogP contribution < -0.4 is 11.1 Å². The van der Waals surface area contributed by atoms with E-state index in [1.54, 1.807) is 25.1 Å². The number of amides is 1. The van der Waals surface area contributed by atoms with E-state index in [2.05, 4.69) is 17.2 Å². The second-order valence-electron chi connectivity index (χ2n) is 4.40. The first kappa shape index (κ1) is 13.9. The van der Waals surface area contributed by atoms with Crippen LogP contribution in [0.1, 0.15) is 27.4 Å². The van der Waals surface area contributed by atoms with Crippen molar-refractivity contribution < 1.29 is 9.21 Å². The lowest BCUT2D eigenvalue weighted by atomic mass is 10.1. The number of anilines is 1. The number of hydrogen-bond acceptors (Lipinski definition) is 3. The molecule has 1 heterocycles. The van der Waals surface area contributed by atoms with Crippen LogP contribution in [0, 0.1) is 25.7 Å². The first-order valence-electron chi connectivity index (χ1n) is 6.27. The van der Waals surface area contributed by atoms with Crippen LogP contribution in [0.5, 0.6) is 0 Å². The van der Waals surface area contributed by atoms with Gasteiger partial charge in [-0.2, -0.15) is 0 Å². The van der Waals surface area contributed by atoms with Crippen molar-refractivity contribution in [2.75, 3.05) is 11.9 Å². The zero-order valence-electron chi connectivity index (χ0n) is 11.5. The summed E-state index contributed by atoms with van der Waals surface area (Å²) in [6, 6.07) is 8.95. The molecule has 1 aromatic heterocycles. The van der Waals surface area contributed by atoms with Gasteiger partial charge < -0.3 is 15.5 Å². The number of nitrogens with one attached hydrogen (secondary N) is 1. The predicted molar refractivity (Wildman–Crippen MR) is 78.5 cm³/mol. The number of hydrogen-bond donors (Lipinski definition) is 2. The van der Waals surface area contributed by atoms with Crippen LogP contribution in [0.2, 0.25) is 0 Å². The number of carbonyl (C=O) groups is 1. The van der Waals surface area contributed by atoms with E-state index in [0.717, 1.165) is 11.1 Å². The average Bonchev–Trinajstić information content (AvgIpc) is 2.85. The van der Waals surface area contributed by atoms with Crippen LogP contribution in [0.4, 0.5) is 5.69 Å². The minimum atomic E-state index is -0.265. The third-order valence-corrected chi connectivity index (χ3v) is 2.77. The van der Waals surface area contributed by atoms with Crippen molar-refractivity contribution >= 4 is 11.6 Å². The topological polar surface area (TPSA) is 68.3 Å². The maximum atomic E-state index is 11.9. The largest absolute Gasteiger partial charge is 0.456 e. The van der Waals surface area contributed by atoms with E-state index in [4.69, 9.17) is 10.2 Å². The average molecular weight is 268 g/mol. The molecule has 0 atom stereocenters. The van der Waals surface area contributed by atoms with Crippen molar-refractivity contribution in [2.45, 2.75) is 13.8 Å². The van der Waals surface area contributed by atoms with Gasteiger partial charge in [-0.1, -0.05) is 11.8 Å². The lowest BCUT2D eigenvalue weighted by molar-refractivity contribution is 0.0995. The molecule has 4 nitrogen and oxygen atoms in total.